The molecular formula is C15H23NO. The zero-order chi connectivity index (χ0) is 12.1. The molecule has 1 saturated carbocycles. The van der Waals surface area contributed by atoms with Gasteiger partial charge in [0.25, 0.3) is 0 Å². The molecule has 2 rings (SSSR count). The monoisotopic (exact) mass is 233 g/mol. The lowest BCUT2D eigenvalue weighted by Crippen LogP contribution is -2.29. The van der Waals surface area contributed by atoms with Crippen molar-refractivity contribution in [3.63, 3.8) is 0 Å². The predicted molar refractivity (Wildman–Crippen MR) is 71.1 cm³/mol. The van der Waals surface area contributed by atoms with Crippen molar-refractivity contribution in [1.29, 1.82) is 0 Å². The molecule has 0 N–H and O–H groups in total. The minimum absolute atomic E-state index is 0.802. The number of aryl methyl sites for hydroxylation is 1. The zero-order valence-corrected chi connectivity index (χ0v) is 11.0. The van der Waals surface area contributed by atoms with Crippen molar-refractivity contribution in [2.24, 2.45) is 0 Å². The van der Waals surface area contributed by atoms with Crippen LogP contribution in [0.3, 0.4) is 0 Å². The summed E-state index contributed by atoms with van der Waals surface area (Å²) in [4.78, 5) is 2.56. The molecule has 0 bridgehead atoms. The molecule has 1 aromatic carbocycles. The molecule has 0 aromatic heterocycles. The second kappa shape index (κ2) is 6.18. The molecule has 94 valence electrons. The highest BCUT2D eigenvalue weighted by atomic mass is 16.5. The van der Waals surface area contributed by atoms with Crippen LogP contribution in [-0.4, -0.2) is 30.7 Å². The van der Waals surface area contributed by atoms with Gasteiger partial charge in [-0.3, -0.25) is 4.90 Å². The molecule has 0 heterocycles. The van der Waals surface area contributed by atoms with Gasteiger partial charge in [-0.05, 0) is 32.3 Å². The van der Waals surface area contributed by atoms with E-state index in [1.165, 1.54) is 24.0 Å². The standard InChI is InChI=1S/C15H23NO/c1-3-17-10-9-16(15-7-8-15)12-14-6-4-5-13(2)11-14/h4-6,11,15H,3,7-10,12H2,1-2H3. The van der Waals surface area contributed by atoms with Crippen molar-refractivity contribution in [3.8, 4) is 0 Å². The Hall–Kier alpha value is -0.860. The van der Waals surface area contributed by atoms with Gasteiger partial charge < -0.3 is 4.74 Å². The molecule has 0 amide bonds. The van der Waals surface area contributed by atoms with Crippen LogP contribution in [0, 0.1) is 6.92 Å². The Balaban J connectivity index is 1.88. The van der Waals surface area contributed by atoms with E-state index in [-0.39, 0.29) is 0 Å². The minimum Gasteiger partial charge on any atom is -0.380 e. The van der Waals surface area contributed by atoms with Gasteiger partial charge in [-0.25, -0.2) is 0 Å². The van der Waals surface area contributed by atoms with Gasteiger partial charge in [0, 0.05) is 25.7 Å². The van der Waals surface area contributed by atoms with Gasteiger partial charge in [0.15, 0.2) is 0 Å². The smallest absolute Gasteiger partial charge is 0.0593 e. The Morgan fingerprint density at radius 2 is 2.18 bits per heavy atom. The van der Waals surface area contributed by atoms with Crippen LogP contribution >= 0.6 is 0 Å². The first kappa shape index (κ1) is 12.6. The predicted octanol–water partition coefficient (Wildman–Crippen LogP) is 3.00. The molecule has 0 spiro atoms. The lowest BCUT2D eigenvalue weighted by atomic mass is 10.1. The van der Waals surface area contributed by atoms with Gasteiger partial charge >= 0.3 is 0 Å². The zero-order valence-electron chi connectivity index (χ0n) is 11.0. The van der Waals surface area contributed by atoms with Crippen LogP contribution in [0.5, 0.6) is 0 Å². The van der Waals surface area contributed by atoms with E-state index in [2.05, 4.69) is 43.0 Å². The van der Waals surface area contributed by atoms with E-state index in [0.717, 1.165) is 32.3 Å². The Labute approximate surface area is 105 Å². The first-order valence-corrected chi connectivity index (χ1v) is 6.67. The van der Waals surface area contributed by atoms with Crippen molar-refractivity contribution < 1.29 is 4.74 Å². The number of ether oxygens (including phenoxy) is 1. The molecule has 0 atom stereocenters. The highest BCUT2D eigenvalue weighted by molar-refractivity contribution is 5.22. The molecule has 0 aliphatic heterocycles. The van der Waals surface area contributed by atoms with Crippen molar-refractivity contribution in [2.45, 2.75) is 39.3 Å². The van der Waals surface area contributed by atoms with Crippen LogP contribution in [-0.2, 0) is 11.3 Å². The summed E-state index contributed by atoms with van der Waals surface area (Å²) in [5.41, 5.74) is 2.77. The van der Waals surface area contributed by atoms with E-state index in [1.54, 1.807) is 0 Å². The van der Waals surface area contributed by atoms with E-state index >= 15 is 0 Å². The quantitative estimate of drug-likeness (QED) is 0.671. The van der Waals surface area contributed by atoms with Crippen molar-refractivity contribution in [1.82, 2.24) is 4.90 Å². The van der Waals surface area contributed by atoms with Crippen molar-refractivity contribution >= 4 is 0 Å². The van der Waals surface area contributed by atoms with Gasteiger partial charge in [0.1, 0.15) is 0 Å². The summed E-state index contributed by atoms with van der Waals surface area (Å²) in [6, 6.07) is 9.62. The highest BCUT2D eigenvalue weighted by Gasteiger charge is 2.28. The fourth-order valence-corrected chi connectivity index (χ4v) is 2.20. The summed E-state index contributed by atoms with van der Waals surface area (Å²) in [5.74, 6) is 0. The number of benzene rings is 1. The van der Waals surface area contributed by atoms with Gasteiger partial charge in [-0.1, -0.05) is 29.8 Å². The van der Waals surface area contributed by atoms with Crippen LogP contribution in [0.1, 0.15) is 30.9 Å². The largest absolute Gasteiger partial charge is 0.380 e. The number of nitrogens with zero attached hydrogens (tertiary/aromatic N) is 1. The Kier molecular flexibility index (Phi) is 4.57. The summed E-state index contributed by atoms with van der Waals surface area (Å²) >= 11 is 0. The number of hydrogen-bond acceptors (Lipinski definition) is 2. The SMILES string of the molecule is CCOCCN(Cc1cccc(C)c1)C1CC1. The lowest BCUT2D eigenvalue weighted by molar-refractivity contribution is 0.107. The first-order valence-electron chi connectivity index (χ1n) is 6.67. The number of rotatable bonds is 7. The van der Waals surface area contributed by atoms with Crippen molar-refractivity contribution in [3.05, 3.63) is 35.4 Å². The molecule has 1 aliphatic rings. The molecule has 2 heteroatoms. The normalized spacial score (nSPS) is 15.5. The third kappa shape index (κ3) is 4.14. The molecule has 0 saturated heterocycles. The topological polar surface area (TPSA) is 12.5 Å². The van der Waals surface area contributed by atoms with E-state index < -0.39 is 0 Å². The van der Waals surface area contributed by atoms with Crippen LogP contribution in [0.25, 0.3) is 0 Å². The second-order valence-corrected chi connectivity index (χ2v) is 4.89. The first-order chi connectivity index (χ1) is 8.29. The second-order valence-electron chi connectivity index (χ2n) is 4.89. The minimum atomic E-state index is 0.802. The molecule has 17 heavy (non-hydrogen) atoms. The summed E-state index contributed by atoms with van der Waals surface area (Å²) in [7, 11) is 0. The maximum Gasteiger partial charge on any atom is 0.0593 e. The molecule has 0 radical (unpaired) electrons. The lowest BCUT2D eigenvalue weighted by Gasteiger charge is -2.22. The van der Waals surface area contributed by atoms with Gasteiger partial charge in [0.2, 0.25) is 0 Å². The summed E-state index contributed by atoms with van der Waals surface area (Å²) < 4.78 is 5.46. The molecule has 1 fully saturated rings. The van der Waals surface area contributed by atoms with E-state index in [1.807, 2.05) is 0 Å². The van der Waals surface area contributed by atoms with Crippen molar-refractivity contribution in [2.75, 3.05) is 19.8 Å². The van der Waals surface area contributed by atoms with E-state index in [9.17, 15) is 0 Å². The average Bonchev–Trinajstić information content (AvgIpc) is 3.12. The maximum atomic E-state index is 5.46. The average molecular weight is 233 g/mol. The van der Waals surface area contributed by atoms with Gasteiger partial charge in [-0.15, -0.1) is 0 Å². The van der Waals surface area contributed by atoms with Crippen LogP contribution in [0.15, 0.2) is 24.3 Å². The Morgan fingerprint density at radius 1 is 1.35 bits per heavy atom. The third-order valence-corrected chi connectivity index (χ3v) is 3.26. The molecular weight excluding hydrogens is 210 g/mol. The fourth-order valence-electron chi connectivity index (χ4n) is 2.20. The Bertz CT molecular complexity index is 347. The number of hydrogen-bond donors (Lipinski definition) is 0. The third-order valence-electron chi connectivity index (χ3n) is 3.26. The summed E-state index contributed by atoms with van der Waals surface area (Å²) in [5, 5.41) is 0. The fraction of sp³-hybridized carbons (Fsp3) is 0.600. The van der Waals surface area contributed by atoms with Gasteiger partial charge in [-0.2, -0.15) is 0 Å². The van der Waals surface area contributed by atoms with Crippen LogP contribution < -0.4 is 0 Å². The summed E-state index contributed by atoms with van der Waals surface area (Å²) in [6.07, 6.45) is 2.72. The maximum absolute atomic E-state index is 5.46. The molecule has 1 aliphatic carbocycles. The van der Waals surface area contributed by atoms with Gasteiger partial charge in [0.05, 0.1) is 6.61 Å². The van der Waals surface area contributed by atoms with Crippen LogP contribution in [0.2, 0.25) is 0 Å². The summed E-state index contributed by atoms with van der Waals surface area (Å²) in [6.45, 7) is 8.03. The molecule has 0 unspecified atom stereocenters. The van der Waals surface area contributed by atoms with E-state index in [0.29, 0.717) is 0 Å². The highest BCUT2D eigenvalue weighted by Crippen LogP contribution is 2.28. The molecule has 1 aromatic rings. The van der Waals surface area contributed by atoms with Crippen LogP contribution in [0.4, 0.5) is 0 Å². The van der Waals surface area contributed by atoms with E-state index in [4.69, 9.17) is 4.74 Å². The molecule has 2 nitrogen and oxygen atoms in total. The Morgan fingerprint density at radius 3 is 2.82 bits per heavy atom.